The highest BCUT2D eigenvalue weighted by atomic mass is 14.3. The first-order chi connectivity index (χ1) is 9.47. The molecule has 0 aliphatic heterocycles. The molecule has 0 N–H and O–H groups in total. The number of allylic oxidation sites excluding steroid dienone is 2. The van der Waals surface area contributed by atoms with Crippen molar-refractivity contribution in [1.82, 2.24) is 0 Å². The van der Waals surface area contributed by atoms with E-state index in [2.05, 4.69) is 46.4 Å². The van der Waals surface area contributed by atoms with Crippen LogP contribution >= 0.6 is 0 Å². The van der Waals surface area contributed by atoms with E-state index in [-0.39, 0.29) is 0 Å². The fourth-order valence-corrected chi connectivity index (χ4v) is 3.63. The maximum atomic E-state index is 4.21. The lowest BCUT2D eigenvalue weighted by Gasteiger charge is -2.15. The molecule has 2 aliphatic rings. The Hall–Kier alpha value is -1.30. The number of hydrogen-bond acceptors (Lipinski definition) is 0. The summed E-state index contributed by atoms with van der Waals surface area (Å²) in [6, 6.07) is 2.42. The first-order valence-electron chi connectivity index (χ1n) is 7.96. The lowest BCUT2D eigenvalue weighted by molar-refractivity contribution is 0.627. The van der Waals surface area contributed by atoms with Gasteiger partial charge in [-0.25, -0.2) is 0 Å². The van der Waals surface area contributed by atoms with Gasteiger partial charge in [0.25, 0.3) is 0 Å². The Bertz CT molecular complexity index is 597. The summed E-state index contributed by atoms with van der Waals surface area (Å²) in [5, 5.41) is 0. The lowest BCUT2D eigenvalue weighted by Crippen LogP contribution is -1.98. The molecule has 0 aromatic heterocycles. The molecule has 1 saturated carbocycles. The summed E-state index contributed by atoms with van der Waals surface area (Å²) >= 11 is 0. The Labute approximate surface area is 123 Å². The van der Waals surface area contributed by atoms with Gasteiger partial charge < -0.3 is 0 Å². The van der Waals surface area contributed by atoms with E-state index < -0.39 is 0 Å². The number of hydrogen-bond donors (Lipinski definition) is 0. The molecule has 0 spiro atoms. The first-order valence-corrected chi connectivity index (χ1v) is 7.96. The van der Waals surface area contributed by atoms with Gasteiger partial charge in [0.15, 0.2) is 0 Å². The molecule has 1 aromatic carbocycles. The van der Waals surface area contributed by atoms with Gasteiger partial charge in [0.05, 0.1) is 0 Å². The molecule has 0 radical (unpaired) electrons. The van der Waals surface area contributed by atoms with Crippen molar-refractivity contribution < 1.29 is 0 Å². The van der Waals surface area contributed by atoms with Crippen LogP contribution in [-0.4, -0.2) is 0 Å². The van der Waals surface area contributed by atoms with Gasteiger partial charge in [0, 0.05) is 0 Å². The Kier molecular flexibility index (Phi) is 3.36. The van der Waals surface area contributed by atoms with Gasteiger partial charge in [-0.1, -0.05) is 36.8 Å². The zero-order valence-electron chi connectivity index (χ0n) is 13.3. The number of benzene rings is 1. The molecule has 0 heteroatoms. The zero-order valence-corrected chi connectivity index (χ0v) is 13.3. The van der Waals surface area contributed by atoms with Gasteiger partial charge in [0.1, 0.15) is 0 Å². The molecule has 1 unspecified atom stereocenters. The molecule has 0 bridgehead atoms. The summed E-state index contributed by atoms with van der Waals surface area (Å²) in [5.41, 5.74) is 10.2. The van der Waals surface area contributed by atoms with Crippen LogP contribution in [-0.2, 0) is 12.8 Å². The van der Waals surface area contributed by atoms with E-state index in [1.54, 1.807) is 16.7 Å². The summed E-state index contributed by atoms with van der Waals surface area (Å²) in [4.78, 5) is 0. The van der Waals surface area contributed by atoms with E-state index in [0.29, 0.717) is 0 Å². The van der Waals surface area contributed by atoms with E-state index >= 15 is 0 Å². The molecule has 2 aliphatic carbocycles. The third-order valence-electron chi connectivity index (χ3n) is 5.03. The van der Waals surface area contributed by atoms with Crippen molar-refractivity contribution in [3.63, 3.8) is 0 Å². The van der Waals surface area contributed by atoms with E-state index in [1.165, 1.54) is 47.9 Å². The Morgan fingerprint density at radius 1 is 1.25 bits per heavy atom. The fourth-order valence-electron chi connectivity index (χ4n) is 3.63. The van der Waals surface area contributed by atoms with Gasteiger partial charge in [-0.2, -0.15) is 0 Å². The summed E-state index contributed by atoms with van der Waals surface area (Å²) < 4.78 is 0. The smallest absolute Gasteiger partial charge is 0.0150 e. The van der Waals surface area contributed by atoms with Crippen molar-refractivity contribution >= 4 is 11.6 Å². The maximum Gasteiger partial charge on any atom is -0.0150 e. The maximum absolute atomic E-state index is 4.21. The quantitative estimate of drug-likeness (QED) is 0.670. The number of fused-ring (bicyclic) bond motifs is 1. The minimum Gasteiger partial charge on any atom is -0.0955 e. The molecule has 1 atom stereocenters. The second kappa shape index (κ2) is 4.91. The first kappa shape index (κ1) is 13.7. The van der Waals surface area contributed by atoms with Crippen LogP contribution in [0.15, 0.2) is 18.2 Å². The molecular formula is C20H26. The third-order valence-corrected chi connectivity index (χ3v) is 5.03. The van der Waals surface area contributed by atoms with Crippen LogP contribution < -0.4 is 0 Å². The predicted molar refractivity (Wildman–Crippen MR) is 88.8 cm³/mol. The van der Waals surface area contributed by atoms with E-state index in [1.807, 2.05) is 0 Å². The van der Waals surface area contributed by atoms with Gasteiger partial charge in [-0.3, -0.25) is 0 Å². The molecule has 1 aromatic rings. The van der Waals surface area contributed by atoms with E-state index in [9.17, 15) is 0 Å². The zero-order chi connectivity index (χ0) is 14.4. The molecular weight excluding hydrogens is 240 g/mol. The van der Waals surface area contributed by atoms with Crippen molar-refractivity contribution in [3.05, 3.63) is 46.0 Å². The third kappa shape index (κ3) is 2.37. The largest absolute Gasteiger partial charge is 0.0955 e. The second-order valence-corrected chi connectivity index (χ2v) is 7.06. The average Bonchev–Trinajstić information content (AvgIpc) is 3.15. The minimum absolute atomic E-state index is 0.797. The van der Waals surface area contributed by atoms with Gasteiger partial charge in [0.2, 0.25) is 0 Å². The minimum atomic E-state index is 0.797. The lowest BCUT2D eigenvalue weighted by atomic mass is 9.89. The van der Waals surface area contributed by atoms with Crippen LogP contribution in [0.5, 0.6) is 0 Å². The van der Waals surface area contributed by atoms with Crippen LogP contribution in [0.25, 0.3) is 11.6 Å². The van der Waals surface area contributed by atoms with Crippen molar-refractivity contribution in [3.8, 4) is 0 Å². The van der Waals surface area contributed by atoms with Gasteiger partial charge in [-0.05, 0) is 86.1 Å². The van der Waals surface area contributed by atoms with Gasteiger partial charge in [-0.15, -0.1) is 0 Å². The molecule has 1 fully saturated rings. The van der Waals surface area contributed by atoms with Crippen molar-refractivity contribution in [1.29, 1.82) is 0 Å². The summed E-state index contributed by atoms with van der Waals surface area (Å²) in [7, 11) is 0. The highest BCUT2D eigenvalue weighted by Crippen LogP contribution is 2.40. The van der Waals surface area contributed by atoms with Crippen molar-refractivity contribution in [2.45, 2.75) is 53.4 Å². The molecule has 3 rings (SSSR count). The van der Waals surface area contributed by atoms with Crippen LogP contribution in [0, 0.1) is 18.8 Å². The van der Waals surface area contributed by atoms with E-state index in [4.69, 9.17) is 0 Å². The van der Waals surface area contributed by atoms with Crippen LogP contribution in [0.4, 0.5) is 0 Å². The van der Waals surface area contributed by atoms with Crippen molar-refractivity contribution in [2.24, 2.45) is 11.8 Å². The fraction of sp³-hybridized carbons (Fsp3) is 0.500. The van der Waals surface area contributed by atoms with Crippen LogP contribution in [0.3, 0.4) is 0 Å². The topological polar surface area (TPSA) is 0 Å². The Morgan fingerprint density at radius 2 is 1.95 bits per heavy atom. The SMILES string of the molecule is C=C(C)c1cc2c(c(C)c1/C=C(\C)C1CC1)CC(C)C2. The van der Waals surface area contributed by atoms with Crippen LogP contribution in [0.1, 0.15) is 61.4 Å². The van der Waals surface area contributed by atoms with E-state index in [0.717, 1.165) is 11.8 Å². The molecule has 0 saturated heterocycles. The second-order valence-electron chi connectivity index (χ2n) is 7.06. The average molecular weight is 266 g/mol. The highest BCUT2D eigenvalue weighted by molar-refractivity contribution is 5.76. The Balaban J connectivity index is 2.14. The molecule has 0 nitrogen and oxygen atoms in total. The monoisotopic (exact) mass is 266 g/mol. The van der Waals surface area contributed by atoms with Crippen LogP contribution in [0.2, 0.25) is 0 Å². The molecule has 0 heterocycles. The molecule has 106 valence electrons. The van der Waals surface area contributed by atoms with Gasteiger partial charge >= 0.3 is 0 Å². The van der Waals surface area contributed by atoms with Crippen molar-refractivity contribution in [2.75, 3.05) is 0 Å². The molecule has 20 heavy (non-hydrogen) atoms. The highest BCUT2D eigenvalue weighted by Gasteiger charge is 2.25. The molecule has 0 amide bonds. The normalized spacial score (nSPS) is 22.0. The summed E-state index contributed by atoms with van der Waals surface area (Å²) in [6.07, 6.45) is 7.70. The summed E-state index contributed by atoms with van der Waals surface area (Å²) in [5.74, 6) is 1.64. The summed E-state index contributed by atoms with van der Waals surface area (Å²) in [6.45, 7) is 13.3. The Morgan fingerprint density at radius 3 is 2.55 bits per heavy atom. The predicted octanol–water partition coefficient (Wildman–Crippen LogP) is 5.58. The number of rotatable bonds is 3. The standard InChI is InChI=1S/C20H26/c1-12(2)18-11-17-8-13(3)9-19(17)15(5)20(18)10-14(4)16-6-7-16/h10-11,13,16H,1,6-9H2,2-5H3/b14-10+.